The first-order valence-electron chi connectivity index (χ1n) is 6.42. The largest absolute Gasteiger partial charge is 0.494 e. The lowest BCUT2D eigenvalue weighted by molar-refractivity contribution is 0.340. The van der Waals surface area contributed by atoms with Crippen LogP contribution in [-0.4, -0.2) is 11.2 Å². The lowest BCUT2D eigenvalue weighted by Crippen LogP contribution is -2.22. The smallest absolute Gasteiger partial charge is 0.269 e. The third-order valence-electron chi connectivity index (χ3n) is 3.24. The van der Waals surface area contributed by atoms with Crippen LogP contribution in [0.5, 0.6) is 5.75 Å². The number of rotatable bonds is 3. The summed E-state index contributed by atoms with van der Waals surface area (Å²) >= 11 is 0. The summed E-state index contributed by atoms with van der Waals surface area (Å²) in [5, 5.41) is 9.25. The summed E-state index contributed by atoms with van der Waals surface area (Å²) < 4.78 is 6.94. The van der Waals surface area contributed by atoms with Crippen molar-refractivity contribution in [3.8, 4) is 22.9 Å². The number of aryl methyl sites for hydroxylation is 1. The highest BCUT2D eigenvalue weighted by atomic mass is 16.5. The van der Waals surface area contributed by atoms with E-state index in [9.17, 15) is 10.1 Å². The highest BCUT2D eigenvalue weighted by Gasteiger charge is 2.12. The van der Waals surface area contributed by atoms with Crippen LogP contribution < -0.4 is 10.3 Å². The van der Waals surface area contributed by atoms with Crippen LogP contribution in [0.25, 0.3) is 11.1 Å². The molecule has 0 saturated carbocycles. The molecule has 0 radical (unpaired) electrons. The standard InChI is InChI=1S/C16H16N2O2/c1-4-20-13-7-5-6-12(9-13)14-8-11(2)18(3)16(19)15(14)10-17/h5-9H,4H2,1-3H3. The Hall–Kier alpha value is -2.54. The van der Waals surface area contributed by atoms with Crippen molar-refractivity contribution >= 4 is 0 Å². The first-order valence-corrected chi connectivity index (χ1v) is 6.42. The minimum absolute atomic E-state index is 0.159. The molecular formula is C16H16N2O2. The predicted octanol–water partition coefficient (Wildman–Crippen LogP) is 2.63. The number of ether oxygens (including phenoxy) is 1. The maximum atomic E-state index is 12.1. The number of pyridine rings is 1. The number of hydrogen-bond donors (Lipinski definition) is 0. The van der Waals surface area contributed by atoms with Crippen LogP contribution in [0.1, 0.15) is 18.2 Å². The molecule has 4 heteroatoms. The zero-order valence-corrected chi connectivity index (χ0v) is 11.8. The van der Waals surface area contributed by atoms with Crippen LogP contribution in [0.3, 0.4) is 0 Å². The average Bonchev–Trinajstić information content (AvgIpc) is 2.45. The van der Waals surface area contributed by atoms with Crippen LogP contribution >= 0.6 is 0 Å². The van der Waals surface area contributed by atoms with E-state index in [1.807, 2.05) is 50.2 Å². The summed E-state index contributed by atoms with van der Waals surface area (Å²) in [5.74, 6) is 0.729. The normalized spacial score (nSPS) is 10.1. The van der Waals surface area contributed by atoms with Crippen molar-refractivity contribution < 1.29 is 4.74 Å². The van der Waals surface area contributed by atoms with E-state index in [0.29, 0.717) is 12.2 Å². The summed E-state index contributed by atoms with van der Waals surface area (Å²) in [6.45, 7) is 4.33. The van der Waals surface area contributed by atoms with E-state index in [2.05, 4.69) is 0 Å². The summed E-state index contributed by atoms with van der Waals surface area (Å²) in [4.78, 5) is 12.1. The van der Waals surface area contributed by atoms with Gasteiger partial charge in [0.1, 0.15) is 17.4 Å². The maximum absolute atomic E-state index is 12.1. The molecule has 1 aromatic heterocycles. The van der Waals surface area contributed by atoms with Crippen molar-refractivity contribution in [1.29, 1.82) is 5.26 Å². The molecule has 0 unspecified atom stereocenters. The van der Waals surface area contributed by atoms with Gasteiger partial charge >= 0.3 is 0 Å². The van der Waals surface area contributed by atoms with Gasteiger partial charge in [-0.05, 0) is 37.6 Å². The van der Waals surface area contributed by atoms with Gasteiger partial charge in [-0.2, -0.15) is 5.26 Å². The summed E-state index contributed by atoms with van der Waals surface area (Å²) in [5.41, 5.74) is 2.16. The zero-order valence-electron chi connectivity index (χ0n) is 11.8. The van der Waals surface area contributed by atoms with Gasteiger partial charge in [-0.3, -0.25) is 4.79 Å². The first kappa shape index (κ1) is 13.9. The van der Waals surface area contributed by atoms with Gasteiger partial charge in [0, 0.05) is 18.3 Å². The van der Waals surface area contributed by atoms with Crippen molar-refractivity contribution in [1.82, 2.24) is 4.57 Å². The minimum Gasteiger partial charge on any atom is -0.494 e. The van der Waals surface area contributed by atoms with Crippen LogP contribution in [0.2, 0.25) is 0 Å². The molecule has 1 aromatic carbocycles. The lowest BCUT2D eigenvalue weighted by Gasteiger charge is -2.11. The van der Waals surface area contributed by atoms with E-state index in [-0.39, 0.29) is 11.1 Å². The van der Waals surface area contributed by atoms with Gasteiger partial charge < -0.3 is 9.30 Å². The van der Waals surface area contributed by atoms with E-state index in [1.165, 1.54) is 4.57 Å². The quantitative estimate of drug-likeness (QED) is 0.859. The Labute approximate surface area is 117 Å². The summed E-state index contributed by atoms with van der Waals surface area (Å²) in [7, 11) is 1.67. The topological polar surface area (TPSA) is 55.0 Å². The Kier molecular flexibility index (Phi) is 3.90. The Bertz CT molecular complexity index is 739. The van der Waals surface area contributed by atoms with Gasteiger partial charge in [-0.1, -0.05) is 12.1 Å². The molecule has 0 atom stereocenters. The van der Waals surface area contributed by atoms with Crippen LogP contribution in [0, 0.1) is 18.3 Å². The molecule has 0 aliphatic rings. The highest BCUT2D eigenvalue weighted by molar-refractivity contribution is 5.71. The van der Waals surface area contributed by atoms with Crippen molar-refractivity contribution in [3.63, 3.8) is 0 Å². The Balaban J connectivity index is 2.67. The molecule has 102 valence electrons. The number of nitrogens with zero attached hydrogens (tertiary/aromatic N) is 2. The van der Waals surface area contributed by atoms with Crippen LogP contribution in [-0.2, 0) is 7.05 Å². The fraction of sp³-hybridized carbons (Fsp3) is 0.250. The molecular weight excluding hydrogens is 252 g/mol. The van der Waals surface area contributed by atoms with Gasteiger partial charge in [0.15, 0.2) is 0 Å². The molecule has 0 aliphatic carbocycles. The minimum atomic E-state index is -0.274. The zero-order chi connectivity index (χ0) is 14.7. The van der Waals surface area contributed by atoms with E-state index < -0.39 is 0 Å². The van der Waals surface area contributed by atoms with Gasteiger partial charge in [0.25, 0.3) is 5.56 Å². The van der Waals surface area contributed by atoms with Crippen LogP contribution in [0.4, 0.5) is 0 Å². The molecule has 0 N–H and O–H groups in total. The van der Waals surface area contributed by atoms with E-state index >= 15 is 0 Å². The third-order valence-corrected chi connectivity index (χ3v) is 3.24. The first-order chi connectivity index (χ1) is 9.58. The second-order valence-corrected chi connectivity index (χ2v) is 4.51. The van der Waals surface area contributed by atoms with E-state index in [0.717, 1.165) is 17.0 Å². The van der Waals surface area contributed by atoms with E-state index in [4.69, 9.17) is 4.74 Å². The second-order valence-electron chi connectivity index (χ2n) is 4.51. The predicted molar refractivity (Wildman–Crippen MR) is 77.7 cm³/mol. The molecule has 0 fully saturated rings. The highest BCUT2D eigenvalue weighted by Crippen LogP contribution is 2.26. The molecule has 20 heavy (non-hydrogen) atoms. The third kappa shape index (κ3) is 2.43. The number of aromatic nitrogens is 1. The number of hydrogen-bond acceptors (Lipinski definition) is 3. The molecule has 2 aromatic rings. The second kappa shape index (κ2) is 5.62. The van der Waals surface area contributed by atoms with Crippen molar-refractivity contribution in [2.45, 2.75) is 13.8 Å². The molecule has 0 saturated heterocycles. The van der Waals surface area contributed by atoms with Crippen LogP contribution in [0.15, 0.2) is 35.1 Å². The molecule has 2 rings (SSSR count). The molecule has 0 aliphatic heterocycles. The fourth-order valence-electron chi connectivity index (χ4n) is 2.08. The molecule has 0 bridgehead atoms. The van der Waals surface area contributed by atoms with E-state index in [1.54, 1.807) is 7.05 Å². The monoisotopic (exact) mass is 268 g/mol. The van der Waals surface area contributed by atoms with Crippen molar-refractivity contribution in [2.75, 3.05) is 6.61 Å². The van der Waals surface area contributed by atoms with Gasteiger partial charge in [0.2, 0.25) is 0 Å². The number of nitriles is 1. The molecule has 0 spiro atoms. The van der Waals surface area contributed by atoms with Crippen molar-refractivity contribution in [2.24, 2.45) is 7.05 Å². The molecule has 0 amide bonds. The Morgan fingerprint density at radius 1 is 1.35 bits per heavy atom. The molecule has 4 nitrogen and oxygen atoms in total. The maximum Gasteiger partial charge on any atom is 0.269 e. The van der Waals surface area contributed by atoms with Gasteiger partial charge in [0.05, 0.1) is 6.61 Å². The van der Waals surface area contributed by atoms with Crippen molar-refractivity contribution in [3.05, 3.63) is 51.9 Å². The fourth-order valence-corrected chi connectivity index (χ4v) is 2.08. The SMILES string of the molecule is CCOc1cccc(-c2cc(C)n(C)c(=O)c2C#N)c1. The van der Waals surface area contributed by atoms with Gasteiger partial charge in [-0.15, -0.1) is 0 Å². The summed E-state index contributed by atoms with van der Waals surface area (Å²) in [6, 6.07) is 11.3. The van der Waals surface area contributed by atoms with Gasteiger partial charge in [-0.25, -0.2) is 0 Å². The Morgan fingerprint density at radius 3 is 2.75 bits per heavy atom. The molecule has 1 heterocycles. The Morgan fingerprint density at radius 2 is 2.10 bits per heavy atom. The average molecular weight is 268 g/mol. The number of benzene rings is 1. The summed E-state index contributed by atoms with van der Waals surface area (Å²) in [6.07, 6.45) is 0. The lowest BCUT2D eigenvalue weighted by atomic mass is 10.0.